The minimum Gasteiger partial charge on any atom is -0.481 e. The molecular weight excluding hydrogens is 296 g/mol. The molecule has 0 aliphatic carbocycles. The van der Waals surface area contributed by atoms with E-state index in [4.69, 9.17) is 9.84 Å². The average molecular weight is 316 g/mol. The van der Waals surface area contributed by atoms with Crippen LogP contribution in [0, 0.1) is 11.3 Å². The van der Waals surface area contributed by atoms with E-state index in [1.165, 1.54) is 5.56 Å². The van der Waals surface area contributed by atoms with Crippen LogP contribution >= 0.6 is 0 Å². The number of ether oxygens (including phenoxy) is 1. The van der Waals surface area contributed by atoms with Crippen LogP contribution in [0.25, 0.3) is 0 Å². The van der Waals surface area contributed by atoms with E-state index in [2.05, 4.69) is 4.90 Å². The Labute approximate surface area is 134 Å². The number of likely N-dealkylation sites (tertiary alicyclic amines) is 1. The van der Waals surface area contributed by atoms with Crippen LogP contribution in [0.2, 0.25) is 0 Å². The molecule has 6 heteroatoms. The lowest BCUT2D eigenvalue weighted by atomic mass is 9.78. The van der Waals surface area contributed by atoms with Gasteiger partial charge in [0.15, 0.2) is 0 Å². The SMILES string of the molecule is O=C(O)C1CC(=O)N(c2ccc(CN3CC4(COC4)C3)cc2)C1. The normalized spacial score (nSPS) is 26.2. The smallest absolute Gasteiger partial charge is 0.308 e. The molecule has 3 aliphatic rings. The van der Waals surface area contributed by atoms with Gasteiger partial charge < -0.3 is 14.7 Å². The summed E-state index contributed by atoms with van der Waals surface area (Å²) in [6.07, 6.45) is 0.0923. The monoisotopic (exact) mass is 316 g/mol. The first-order chi connectivity index (χ1) is 11.0. The number of anilines is 1. The quantitative estimate of drug-likeness (QED) is 0.896. The molecule has 122 valence electrons. The molecular formula is C17H20N2O4. The molecule has 0 aromatic heterocycles. The van der Waals surface area contributed by atoms with Crippen LogP contribution in [0.15, 0.2) is 24.3 Å². The molecule has 3 heterocycles. The van der Waals surface area contributed by atoms with Crippen LogP contribution in [-0.4, -0.2) is 54.7 Å². The number of aliphatic carboxylic acids is 1. The minimum atomic E-state index is -0.899. The Morgan fingerprint density at radius 2 is 1.96 bits per heavy atom. The molecule has 1 N–H and O–H groups in total. The van der Waals surface area contributed by atoms with Crippen molar-refractivity contribution >= 4 is 17.6 Å². The second-order valence-electron chi connectivity index (χ2n) is 7.05. The van der Waals surface area contributed by atoms with Crippen LogP contribution in [0.4, 0.5) is 5.69 Å². The number of carboxylic acids is 1. The second kappa shape index (κ2) is 5.32. The molecule has 6 nitrogen and oxygen atoms in total. The van der Waals surface area contributed by atoms with Crippen molar-refractivity contribution in [3.63, 3.8) is 0 Å². The van der Waals surface area contributed by atoms with Gasteiger partial charge in [0.05, 0.1) is 19.1 Å². The molecule has 4 rings (SSSR count). The molecule has 0 bridgehead atoms. The van der Waals surface area contributed by atoms with Crippen molar-refractivity contribution in [1.82, 2.24) is 4.90 Å². The van der Waals surface area contributed by atoms with Crippen molar-refractivity contribution < 1.29 is 19.4 Å². The molecule has 23 heavy (non-hydrogen) atoms. The molecule has 0 saturated carbocycles. The Morgan fingerprint density at radius 3 is 2.48 bits per heavy atom. The van der Waals surface area contributed by atoms with Crippen LogP contribution < -0.4 is 4.90 Å². The van der Waals surface area contributed by atoms with Crippen LogP contribution in [0.5, 0.6) is 0 Å². The molecule has 3 aliphatic heterocycles. The van der Waals surface area contributed by atoms with E-state index >= 15 is 0 Å². The van der Waals surface area contributed by atoms with Gasteiger partial charge >= 0.3 is 5.97 Å². The maximum absolute atomic E-state index is 12.0. The third-order valence-corrected chi connectivity index (χ3v) is 5.06. The standard InChI is InChI=1S/C17H20N2O4/c20-15-5-13(16(21)22)7-19(15)14-3-1-12(2-4-14)6-18-8-17(9-18)10-23-11-17/h1-4,13H,5-11H2,(H,21,22). The maximum Gasteiger partial charge on any atom is 0.308 e. The summed E-state index contributed by atoms with van der Waals surface area (Å²) < 4.78 is 5.28. The lowest BCUT2D eigenvalue weighted by Gasteiger charge is -2.55. The van der Waals surface area contributed by atoms with Gasteiger partial charge in [-0.15, -0.1) is 0 Å². The predicted molar refractivity (Wildman–Crippen MR) is 83.1 cm³/mol. The van der Waals surface area contributed by atoms with Gasteiger partial charge in [0.1, 0.15) is 0 Å². The minimum absolute atomic E-state index is 0.0923. The zero-order chi connectivity index (χ0) is 16.0. The van der Waals surface area contributed by atoms with E-state index < -0.39 is 11.9 Å². The summed E-state index contributed by atoms with van der Waals surface area (Å²) in [5.41, 5.74) is 2.42. The van der Waals surface area contributed by atoms with Gasteiger partial charge in [0, 0.05) is 43.7 Å². The van der Waals surface area contributed by atoms with Gasteiger partial charge in [0.2, 0.25) is 5.91 Å². The van der Waals surface area contributed by atoms with E-state index in [0.717, 1.165) is 38.5 Å². The summed E-state index contributed by atoms with van der Waals surface area (Å²) in [4.78, 5) is 27.0. The van der Waals surface area contributed by atoms with Gasteiger partial charge in [0.25, 0.3) is 0 Å². The summed E-state index contributed by atoms with van der Waals surface area (Å²) in [6, 6.07) is 7.89. The van der Waals surface area contributed by atoms with E-state index in [0.29, 0.717) is 5.41 Å². The number of hydrogen-bond acceptors (Lipinski definition) is 4. The number of amides is 1. The fraction of sp³-hybridized carbons (Fsp3) is 0.529. The Bertz CT molecular complexity index is 630. The zero-order valence-electron chi connectivity index (χ0n) is 12.9. The fourth-order valence-electron chi connectivity index (χ4n) is 3.75. The van der Waals surface area contributed by atoms with Crippen molar-refractivity contribution in [2.24, 2.45) is 11.3 Å². The first kappa shape index (κ1) is 14.7. The van der Waals surface area contributed by atoms with E-state index in [9.17, 15) is 9.59 Å². The molecule has 1 unspecified atom stereocenters. The number of benzene rings is 1. The first-order valence-electron chi connectivity index (χ1n) is 7.97. The van der Waals surface area contributed by atoms with E-state index in [1.54, 1.807) is 4.90 Å². The number of carboxylic acid groups (broad SMARTS) is 1. The molecule has 0 radical (unpaired) electrons. The highest BCUT2D eigenvalue weighted by atomic mass is 16.5. The number of rotatable bonds is 4. The predicted octanol–water partition coefficient (Wildman–Crippen LogP) is 0.956. The fourth-order valence-corrected chi connectivity index (χ4v) is 3.75. The Morgan fingerprint density at radius 1 is 1.26 bits per heavy atom. The van der Waals surface area contributed by atoms with Gasteiger partial charge in [-0.3, -0.25) is 14.5 Å². The highest BCUT2D eigenvalue weighted by Crippen LogP contribution is 2.38. The summed E-state index contributed by atoms with van der Waals surface area (Å²) >= 11 is 0. The molecule has 3 saturated heterocycles. The average Bonchev–Trinajstić information content (AvgIpc) is 2.83. The highest BCUT2D eigenvalue weighted by molar-refractivity contribution is 5.99. The van der Waals surface area contributed by atoms with Gasteiger partial charge in [-0.25, -0.2) is 0 Å². The van der Waals surface area contributed by atoms with Crippen molar-refractivity contribution in [2.75, 3.05) is 37.7 Å². The molecule has 1 atom stereocenters. The van der Waals surface area contributed by atoms with Crippen LogP contribution in [0.3, 0.4) is 0 Å². The van der Waals surface area contributed by atoms with Gasteiger partial charge in [-0.1, -0.05) is 12.1 Å². The van der Waals surface area contributed by atoms with Crippen LogP contribution in [0.1, 0.15) is 12.0 Å². The Kier molecular flexibility index (Phi) is 3.39. The Hall–Kier alpha value is -1.92. The maximum atomic E-state index is 12.0. The summed E-state index contributed by atoms with van der Waals surface area (Å²) in [7, 11) is 0. The van der Waals surface area contributed by atoms with Gasteiger partial charge in [-0.2, -0.15) is 0 Å². The number of hydrogen-bond donors (Lipinski definition) is 1. The number of carbonyl (C=O) groups excluding carboxylic acids is 1. The topological polar surface area (TPSA) is 70.1 Å². The van der Waals surface area contributed by atoms with Crippen LogP contribution in [-0.2, 0) is 20.9 Å². The summed E-state index contributed by atoms with van der Waals surface area (Å²) in [5.74, 6) is -1.60. The molecule has 1 amide bonds. The Balaban J connectivity index is 1.36. The van der Waals surface area contributed by atoms with Gasteiger partial charge in [-0.05, 0) is 17.7 Å². The summed E-state index contributed by atoms with van der Waals surface area (Å²) in [5, 5.41) is 9.05. The third kappa shape index (κ3) is 2.62. The van der Waals surface area contributed by atoms with Crippen molar-refractivity contribution in [2.45, 2.75) is 13.0 Å². The van der Waals surface area contributed by atoms with E-state index in [-0.39, 0.29) is 18.9 Å². The molecule has 1 spiro atoms. The molecule has 3 fully saturated rings. The number of nitrogens with zero attached hydrogens (tertiary/aromatic N) is 2. The largest absolute Gasteiger partial charge is 0.481 e. The van der Waals surface area contributed by atoms with Crippen molar-refractivity contribution in [3.05, 3.63) is 29.8 Å². The second-order valence-corrected chi connectivity index (χ2v) is 7.05. The lowest BCUT2D eigenvalue weighted by molar-refractivity contribution is -0.191. The first-order valence-corrected chi connectivity index (χ1v) is 7.97. The third-order valence-electron chi connectivity index (χ3n) is 5.06. The highest BCUT2D eigenvalue weighted by Gasteiger charge is 2.48. The lowest BCUT2D eigenvalue weighted by Crippen LogP contribution is -2.65. The van der Waals surface area contributed by atoms with E-state index in [1.807, 2.05) is 24.3 Å². The number of carbonyl (C=O) groups is 2. The zero-order valence-corrected chi connectivity index (χ0v) is 12.9. The molecule has 1 aromatic rings. The van der Waals surface area contributed by atoms with Crippen molar-refractivity contribution in [3.8, 4) is 0 Å². The summed E-state index contributed by atoms with van der Waals surface area (Å²) in [6.45, 7) is 5.16. The van der Waals surface area contributed by atoms with Crippen molar-refractivity contribution in [1.29, 1.82) is 0 Å². The molecule has 1 aromatic carbocycles.